The third-order valence-corrected chi connectivity index (χ3v) is 5.50. The Labute approximate surface area is 132 Å². The number of methoxy groups -OCH3 is 1. The Hall–Kier alpha value is -0.820. The second kappa shape index (κ2) is 6.96. The molecular weight excluding hydrogens is 312 g/mol. The van der Waals surface area contributed by atoms with Crippen molar-refractivity contribution >= 4 is 22.4 Å². The van der Waals surface area contributed by atoms with E-state index in [0.717, 1.165) is 24.0 Å². The number of nitrogens with two attached hydrogens (primary N) is 1. The summed E-state index contributed by atoms with van der Waals surface area (Å²) in [5, 5.41) is 0. The van der Waals surface area contributed by atoms with E-state index in [4.69, 9.17) is 10.5 Å². The molecule has 2 N–H and O–H groups in total. The summed E-state index contributed by atoms with van der Waals surface area (Å²) < 4.78 is 32.4. The molecule has 1 aliphatic heterocycles. The van der Waals surface area contributed by atoms with Crippen LogP contribution >= 0.6 is 12.4 Å². The highest BCUT2D eigenvalue weighted by molar-refractivity contribution is 7.89. The molecule has 1 aromatic carbocycles. The molecule has 0 saturated carbocycles. The van der Waals surface area contributed by atoms with Gasteiger partial charge in [0.1, 0.15) is 10.6 Å². The average molecular weight is 335 g/mol. The van der Waals surface area contributed by atoms with E-state index in [1.54, 1.807) is 6.07 Å². The molecule has 120 valence electrons. The lowest BCUT2D eigenvalue weighted by molar-refractivity contribution is 0.314. The number of ether oxygens (including phenoxy) is 1. The zero-order valence-electron chi connectivity index (χ0n) is 12.6. The predicted molar refractivity (Wildman–Crippen MR) is 85.7 cm³/mol. The minimum Gasteiger partial charge on any atom is -0.495 e. The molecule has 1 aliphatic rings. The van der Waals surface area contributed by atoms with Gasteiger partial charge in [-0.05, 0) is 43.9 Å². The zero-order chi connectivity index (χ0) is 14.9. The van der Waals surface area contributed by atoms with Crippen molar-refractivity contribution in [1.82, 2.24) is 4.31 Å². The van der Waals surface area contributed by atoms with Gasteiger partial charge in [-0.15, -0.1) is 12.4 Å². The Bertz CT molecular complexity index is 604. The number of aryl methyl sites for hydroxylation is 2. The lowest BCUT2D eigenvalue weighted by atomic mass is 10.1. The van der Waals surface area contributed by atoms with Gasteiger partial charge in [0, 0.05) is 19.1 Å². The molecule has 7 heteroatoms. The first-order valence-electron chi connectivity index (χ1n) is 6.77. The second-order valence-corrected chi connectivity index (χ2v) is 7.28. The Morgan fingerprint density at radius 3 is 2.57 bits per heavy atom. The Kier molecular flexibility index (Phi) is 6.04. The Morgan fingerprint density at radius 1 is 1.33 bits per heavy atom. The summed E-state index contributed by atoms with van der Waals surface area (Å²) in [6.07, 6.45) is 1.67. The van der Waals surface area contributed by atoms with E-state index in [-0.39, 0.29) is 23.3 Å². The van der Waals surface area contributed by atoms with Crippen LogP contribution in [0.5, 0.6) is 5.75 Å². The summed E-state index contributed by atoms with van der Waals surface area (Å²) >= 11 is 0. The van der Waals surface area contributed by atoms with Crippen molar-refractivity contribution in [2.45, 2.75) is 37.6 Å². The van der Waals surface area contributed by atoms with Gasteiger partial charge in [-0.2, -0.15) is 4.31 Å². The lowest BCUT2D eigenvalue weighted by Crippen LogP contribution is -2.45. The maximum absolute atomic E-state index is 12.8. The van der Waals surface area contributed by atoms with Crippen LogP contribution in [0.2, 0.25) is 0 Å². The monoisotopic (exact) mass is 334 g/mol. The highest BCUT2D eigenvalue weighted by atomic mass is 35.5. The van der Waals surface area contributed by atoms with Gasteiger partial charge >= 0.3 is 0 Å². The summed E-state index contributed by atoms with van der Waals surface area (Å²) in [5.41, 5.74) is 7.62. The molecule has 0 radical (unpaired) electrons. The lowest BCUT2D eigenvalue weighted by Gasteiger charge is -2.30. The molecule has 0 amide bonds. The number of hydrogen-bond acceptors (Lipinski definition) is 4. The van der Waals surface area contributed by atoms with Crippen molar-refractivity contribution in [1.29, 1.82) is 0 Å². The number of piperidine rings is 1. The smallest absolute Gasteiger partial charge is 0.246 e. The fraction of sp³-hybridized carbons (Fsp3) is 0.571. The molecule has 2 rings (SSSR count). The summed E-state index contributed by atoms with van der Waals surface area (Å²) in [6.45, 7) is 4.63. The van der Waals surface area contributed by atoms with Gasteiger partial charge in [-0.3, -0.25) is 0 Å². The second-order valence-electron chi connectivity index (χ2n) is 5.38. The van der Waals surface area contributed by atoms with Crippen molar-refractivity contribution in [3.63, 3.8) is 0 Å². The van der Waals surface area contributed by atoms with Crippen LogP contribution in [-0.2, 0) is 10.0 Å². The standard InChI is InChI=1S/C14H22N2O3S.ClH/c1-10-7-11(2)14(19-3)13(8-10)20(17,18)16-6-4-5-12(15)9-16;/h7-8,12H,4-6,9,15H2,1-3H3;1H/t12-;/m1./s1. The molecule has 1 fully saturated rings. The number of hydrogen-bond donors (Lipinski definition) is 1. The number of halogens is 1. The fourth-order valence-electron chi connectivity index (χ4n) is 2.70. The quantitative estimate of drug-likeness (QED) is 0.915. The highest BCUT2D eigenvalue weighted by Crippen LogP contribution is 2.32. The number of nitrogens with zero attached hydrogens (tertiary/aromatic N) is 1. The van der Waals surface area contributed by atoms with Gasteiger partial charge in [-0.1, -0.05) is 6.07 Å². The normalized spacial score (nSPS) is 19.9. The molecule has 0 spiro atoms. The van der Waals surface area contributed by atoms with Crippen LogP contribution in [-0.4, -0.2) is 39.0 Å². The fourth-order valence-corrected chi connectivity index (χ4v) is 4.55. The van der Waals surface area contributed by atoms with Gasteiger partial charge in [0.15, 0.2) is 0 Å². The molecule has 0 aliphatic carbocycles. The summed E-state index contributed by atoms with van der Waals surface area (Å²) in [7, 11) is -2.06. The van der Waals surface area contributed by atoms with Crippen molar-refractivity contribution in [2.24, 2.45) is 5.73 Å². The minimum atomic E-state index is -3.55. The Morgan fingerprint density at radius 2 is 2.00 bits per heavy atom. The van der Waals surface area contributed by atoms with Gasteiger partial charge in [0.2, 0.25) is 10.0 Å². The van der Waals surface area contributed by atoms with Crippen LogP contribution in [0, 0.1) is 13.8 Å². The topological polar surface area (TPSA) is 72.6 Å². The molecule has 0 unspecified atom stereocenters. The SMILES string of the molecule is COc1c(C)cc(C)cc1S(=O)(=O)N1CCC[C@@H](N)C1.Cl. The van der Waals surface area contributed by atoms with Crippen molar-refractivity contribution in [3.05, 3.63) is 23.3 Å². The van der Waals surface area contributed by atoms with E-state index in [2.05, 4.69) is 0 Å². The minimum absolute atomic E-state index is 0. The van der Waals surface area contributed by atoms with Crippen LogP contribution in [0.25, 0.3) is 0 Å². The largest absolute Gasteiger partial charge is 0.495 e. The van der Waals surface area contributed by atoms with Crippen molar-refractivity contribution in [3.8, 4) is 5.75 Å². The highest BCUT2D eigenvalue weighted by Gasteiger charge is 2.31. The molecule has 1 saturated heterocycles. The first-order chi connectivity index (χ1) is 9.36. The number of sulfonamides is 1. The van der Waals surface area contributed by atoms with E-state index >= 15 is 0 Å². The van der Waals surface area contributed by atoms with Crippen LogP contribution in [0.3, 0.4) is 0 Å². The third-order valence-electron chi connectivity index (χ3n) is 3.63. The van der Waals surface area contributed by atoms with Gasteiger partial charge < -0.3 is 10.5 Å². The molecule has 5 nitrogen and oxygen atoms in total. The average Bonchev–Trinajstić information content (AvgIpc) is 2.38. The summed E-state index contributed by atoms with van der Waals surface area (Å²) in [5.74, 6) is 0.426. The number of rotatable bonds is 3. The van der Waals surface area contributed by atoms with Gasteiger partial charge in [0.05, 0.1) is 7.11 Å². The van der Waals surface area contributed by atoms with E-state index < -0.39 is 10.0 Å². The maximum Gasteiger partial charge on any atom is 0.246 e. The predicted octanol–water partition coefficient (Wildman–Crippen LogP) is 1.85. The summed E-state index contributed by atoms with van der Waals surface area (Å²) in [6, 6.07) is 3.50. The van der Waals surface area contributed by atoms with E-state index in [1.165, 1.54) is 11.4 Å². The molecule has 1 heterocycles. The zero-order valence-corrected chi connectivity index (χ0v) is 14.3. The Balaban J connectivity index is 0.00000220. The van der Waals surface area contributed by atoms with Crippen molar-refractivity contribution < 1.29 is 13.2 Å². The van der Waals surface area contributed by atoms with Crippen LogP contribution in [0.1, 0.15) is 24.0 Å². The molecular formula is C14H23ClN2O3S. The van der Waals surface area contributed by atoms with Gasteiger partial charge in [-0.25, -0.2) is 8.42 Å². The van der Waals surface area contributed by atoms with Crippen molar-refractivity contribution in [2.75, 3.05) is 20.2 Å². The van der Waals surface area contributed by atoms with E-state index in [1.807, 2.05) is 19.9 Å². The van der Waals surface area contributed by atoms with Crippen LogP contribution < -0.4 is 10.5 Å². The first kappa shape index (κ1) is 18.2. The number of benzene rings is 1. The first-order valence-corrected chi connectivity index (χ1v) is 8.21. The van der Waals surface area contributed by atoms with Crippen LogP contribution in [0.15, 0.2) is 17.0 Å². The van der Waals surface area contributed by atoms with E-state index in [0.29, 0.717) is 18.8 Å². The molecule has 1 aromatic rings. The molecule has 0 bridgehead atoms. The third kappa shape index (κ3) is 3.69. The molecule has 1 atom stereocenters. The van der Waals surface area contributed by atoms with Crippen LogP contribution in [0.4, 0.5) is 0 Å². The molecule has 0 aromatic heterocycles. The summed E-state index contributed by atoms with van der Waals surface area (Å²) in [4.78, 5) is 0.242. The van der Waals surface area contributed by atoms with E-state index in [9.17, 15) is 8.42 Å². The maximum atomic E-state index is 12.8. The molecule has 21 heavy (non-hydrogen) atoms. The van der Waals surface area contributed by atoms with Gasteiger partial charge in [0.25, 0.3) is 0 Å².